The molecule has 3 rings (SSSR count). The molecule has 3 aliphatic rings. The van der Waals surface area contributed by atoms with Crippen molar-refractivity contribution in [2.45, 2.75) is 58.0 Å². The zero-order valence-corrected chi connectivity index (χ0v) is 18.3. The summed E-state index contributed by atoms with van der Waals surface area (Å²) in [6.07, 6.45) is 4.76. The molecule has 27 heavy (non-hydrogen) atoms. The summed E-state index contributed by atoms with van der Waals surface area (Å²) in [4.78, 5) is 31.6. The van der Waals surface area contributed by atoms with Crippen LogP contribution >= 0.6 is 24.8 Å². The minimum Gasteiger partial charge on any atom is -0.342 e. The Hall–Kier alpha value is -0.560. The maximum Gasteiger partial charge on any atom is 0.227 e. The molecule has 3 atom stereocenters. The molecular formula is C19H36Cl2N4O2. The van der Waals surface area contributed by atoms with Crippen LogP contribution in [0.15, 0.2) is 0 Å². The third-order valence-electron chi connectivity index (χ3n) is 6.49. The van der Waals surface area contributed by atoms with Gasteiger partial charge in [-0.15, -0.1) is 24.8 Å². The lowest BCUT2D eigenvalue weighted by molar-refractivity contribution is -0.137. The van der Waals surface area contributed by atoms with Crippen LogP contribution in [0.3, 0.4) is 0 Å². The number of likely N-dealkylation sites (tertiary alicyclic amines) is 3. The van der Waals surface area contributed by atoms with E-state index in [2.05, 4.69) is 18.7 Å². The van der Waals surface area contributed by atoms with E-state index in [0.717, 1.165) is 45.6 Å². The normalized spacial score (nSPS) is 28.0. The van der Waals surface area contributed by atoms with Gasteiger partial charge < -0.3 is 15.5 Å². The van der Waals surface area contributed by atoms with E-state index in [4.69, 9.17) is 5.73 Å². The van der Waals surface area contributed by atoms with Crippen LogP contribution in [-0.4, -0.2) is 77.9 Å². The van der Waals surface area contributed by atoms with Gasteiger partial charge in [-0.2, -0.15) is 0 Å². The number of amides is 2. The highest BCUT2D eigenvalue weighted by molar-refractivity contribution is 5.89. The van der Waals surface area contributed by atoms with Crippen molar-refractivity contribution in [1.29, 1.82) is 0 Å². The molecule has 0 aromatic heterocycles. The fraction of sp³-hybridized carbons (Fsp3) is 0.895. The van der Waals surface area contributed by atoms with Gasteiger partial charge in [-0.3, -0.25) is 14.5 Å². The molecule has 3 fully saturated rings. The molecule has 0 bridgehead atoms. The number of halogens is 2. The highest BCUT2D eigenvalue weighted by Crippen LogP contribution is 2.26. The van der Waals surface area contributed by atoms with Crippen molar-refractivity contribution in [3.05, 3.63) is 0 Å². The number of hydrogen-bond donors (Lipinski definition) is 1. The Labute approximate surface area is 176 Å². The fourth-order valence-electron chi connectivity index (χ4n) is 4.79. The molecule has 3 unspecified atom stereocenters. The SMILES string of the molecule is CCN1CCCC1CN1CC(C(=O)N2CCC(C(C)N)CC2)CC1=O.Cl.Cl. The van der Waals surface area contributed by atoms with Crippen LogP contribution in [0.2, 0.25) is 0 Å². The molecule has 0 radical (unpaired) electrons. The second kappa shape index (κ2) is 10.8. The van der Waals surface area contributed by atoms with E-state index in [0.29, 0.717) is 24.9 Å². The molecule has 158 valence electrons. The Morgan fingerprint density at radius 3 is 2.44 bits per heavy atom. The summed E-state index contributed by atoms with van der Waals surface area (Å²) in [6, 6.07) is 0.679. The van der Waals surface area contributed by atoms with Gasteiger partial charge in [0.2, 0.25) is 11.8 Å². The summed E-state index contributed by atoms with van der Waals surface area (Å²) in [5.74, 6) is 0.716. The van der Waals surface area contributed by atoms with Gasteiger partial charge in [-0.05, 0) is 51.6 Å². The van der Waals surface area contributed by atoms with E-state index in [9.17, 15) is 9.59 Å². The predicted octanol–water partition coefficient (Wildman–Crippen LogP) is 1.75. The zero-order chi connectivity index (χ0) is 18.0. The molecule has 0 spiro atoms. The van der Waals surface area contributed by atoms with Gasteiger partial charge in [-0.25, -0.2) is 0 Å². The van der Waals surface area contributed by atoms with Crippen molar-refractivity contribution in [2.24, 2.45) is 17.6 Å². The Kier molecular flexibility index (Phi) is 9.83. The minimum absolute atomic E-state index is 0. The van der Waals surface area contributed by atoms with Crippen molar-refractivity contribution in [1.82, 2.24) is 14.7 Å². The van der Waals surface area contributed by atoms with Gasteiger partial charge in [0.1, 0.15) is 0 Å². The van der Waals surface area contributed by atoms with E-state index in [1.54, 1.807) is 0 Å². The maximum atomic E-state index is 12.8. The van der Waals surface area contributed by atoms with Crippen molar-refractivity contribution >= 4 is 36.6 Å². The number of nitrogens with two attached hydrogens (primary N) is 1. The van der Waals surface area contributed by atoms with Crippen LogP contribution in [0.4, 0.5) is 0 Å². The molecule has 0 aromatic rings. The van der Waals surface area contributed by atoms with Gasteiger partial charge >= 0.3 is 0 Å². The quantitative estimate of drug-likeness (QED) is 0.732. The summed E-state index contributed by atoms with van der Waals surface area (Å²) in [5.41, 5.74) is 5.99. The van der Waals surface area contributed by atoms with Crippen molar-refractivity contribution in [2.75, 3.05) is 39.3 Å². The maximum absolute atomic E-state index is 12.8. The standard InChI is InChI=1S/C19H34N4O2.2ClH/c1-3-21-8-4-5-17(21)13-23-12-16(11-18(23)24)19(25)22-9-6-15(7-10-22)14(2)20;;/h14-17H,3-13,20H2,1-2H3;2*1H. The molecule has 6 nitrogen and oxygen atoms in total. The van der Waals surface area contributed by atoms with Gasteiger partial charge in [0, 0.05) is 44.7 Å². The highest BCUT2D eigenvalue weighted by Gasteiger charge is 2.39. The third-order valence-corrected chi connectivity index (χ3v) is 6.49. The van der Waals surface area contributed by atoms with E-state index in [-0.39, 0.29) is 48.6 Å². The number of piperidine rings is 1. The number of hydrogen-bond acceptors (Lipinski definition) is 4. The number of carbonyl (C=O) groups excluding carboxylic acids is 2. The van der Waals surface area contributed by atoms with E-state index in [1.165, 1.54) is 12.8 Å². The molecular weight excluding hydrogens is 387 g/mol. The second-order valence-corrected chi connectivity index (χ2v) is 8.15. The number of nitrogens with zero attached hydrogens (tertiary/aromatic N) is 3. The van der Waals surface area contributed by atoms with Gasteiger partial charge in [0.15, 0.2) is 0 Å². The second-order valence-electron chi connectivity index (χ2n) is 8.15. The third kappa shape index (κ3) is 5.72. The van der Waals surface area contributed by atoms with Gasteiger partial charge in [0.05, 0.1) is 5.92 Å². The lowest BCUT2D eigenvalue weighted by Crippen LogP contribution is -2.45. The summed E-state index contributed by atoms with van der Waals surface area (Å²) < 4.78 is 0. The van der Waals surface area contributed by atoms with Crippen LogP contribution in [0, 0.1) is 11.8 Å². The van der Waals surface area contributed by atoms with Gasteiger partial charge in [0.25, 0.3) is 0 Å². The summed E-state index contributed by atoms with van der Waals surface area (Å²) in [5, 5.41) is 0. The van der Waals surface area contributed by atoms with Crippen molar-refractivity contribution in [3.63, 3.8) is 0 Å². The molecule has 2 N–H and O–H groups in total. The first-order chi connectivity index (χ1) is 12.0. The Morgan fingerprint density at radius 1 is 1.19 bits per heavy atom. The van der Waals surface area contributed by atoms with Crippen LogP contribution in [0.5, 0.6) is 0 Å². The Balaban J connectivity index is 0.00000182. The highest BCUT2D eigenvalue weighted by atomic mass is 35.5. The van der Waals surface area contributed by atoms with E-state index >= 15 is 0 Å². The monoisotopic (exact) mass is 422 g/mol. The van der Waals surface area contributed by atoms with E-state index < -0.39 is 0 Å². The molecule has 0 aliphatic carbocycles. The lowest BCUT2D eigenvalue weighted by atomic mass is 9.90. The van der Waals surface area contributed by atoms with Crippen molar-refractivity contribution < 1.29 is 9.59 Å². The number of rotatable bonds is 5. The smallest absolute Gasteiger partial charge is 0.227 e. The Bertz CT molecular complexity index is 498. The molecule has 3 heterocycles. The molecule has 3 saturated heterocycles. The molecule has 0 aromatic carbocycles. The first-order valence-electron chi connectivity index (χ1n) is 10.1. The number of likely N-dealkylation sites (N-methyl/N-ethyl adjacent to an activating group) is 1. The van der Waals surface area contributed by atoms with Crippen LogP contribution in [-0.2, 0) is 9.59 Å². The fourth-order valence-corrected chi connectivity index (χ4v) is 4.79. The number of carbonyl (C=O) groups is 2. The summed E-state index contributed by atoms with van der Waals surface area (Å²) >= 11 is 0. The van der Waals surface area contributed by atoms with E-state index in [1.807, 2.05) is 9.80 Å². The topological polar surface area (TPSA) is 69.9 Å². The Morgan fingerprint density at radius 2 is 1.85 bits per heavy atom. The largest absolute Gasteiger partial charge is 0.342 e. The zero-order valence-electron chi connectivity index (χ0n) is 16.6. The molecule has 8 heteroatoms. The van der Waals surface area contributed by atoms with Gasteiger partial charge in [-0.1, -0.05) is 6.92 Å². The molecule has 3 aliphatic heterocycles. The summed E-state index contributed by atoms with van der Waals surface area (Å²) in [6.45, 7) is 9.41. The lowest BCUT2D eigenvalue weighted by Gasteiger charge is -2.35. The summed E-state index contributed by atoms with van der Waals surface area (Å²) in [7, 11) is 0. The van der Waals surface area contributed by atoms with Crippen LogP contribution in [0.25, 0.3) is 0 Å². The molecule has 0 saturated carbocycles. The average molecular weight is 423 g/mol. The first kappa shape index (κ1) is 24.5. The predicted molar refractivity (Wildman–Crippen MR) is 112 cm³/mol. The minimum atomic E-state index is -0.143. The first-order valence-corrected chi connectivity index (χ1v) is 10.1. The average Bonchev–Trinajstić information content (AvgIpc) is 3.21. The molecule has 2 amide bonds. The van der Waals surface area contributed by atoms with Crippen LogP contribution in [0.1, 0.15) is 46.0 Å². The van der Waals surface area contributed by atoms with Crippen molar-refractivity contribution in [3.8, 4) is 0 Å². The van der Waals surface area contributed by atoms with Crippen LogP contribution < -0.4 is 5.73 Å².